The summed E-state index contributed by atoms with van der Waals surface area (Å²) in [5, 5.41) is 21.5. The van der Waals surface area contributed by atoms with Gasteiger partial charge in [0, 0.05) is 6.20 Å². The molecule has 0 aliphatic carbocycles. The number of carboxylic acids is 1. The summed E-state index contributed by atoms with van der Waals surface area (Å²) >= 11 is 0. The van der Waals surface area contributed by atoms with Crippen LogP contribution in [0, 0.1) is 5.92 Å². The minimum atomic E-state index is -1.04. The van der Waals surface area contributed by atoms with Gasteiger partial charge in [0.25, 0.3) is 0 Å². The average Bonchev–Trinajstić information content (AvgIpc) is 2.42. The second-order valence-corrected chi connectivity index (χ2v) is 4.24. The highest BCUT2D eigenvalue weighted by Crippen LogP contribution is 2.07. The molecule has 2 atom stereocenters. The third-order valence-electron chi connectivity index (χ3n) is 2.82. The van der Waals surface area contributed by atoms with E-state index in [4.69, 9.17) is 5.11 Å². The van der Waals surface area contributed by atoms with Crippen molar-refractivity contribution in [2.24, 2.45) is 5.92 Å². The molecule has 2 amide bonds. The van der Waals surface area contributed by atoms with E-state index < -0.39 is 18.0 Å². The molecule has 0 bridgehead atoms. The highest BCUT2D eigenvalue weighted by Gasteiger charge is 2.25. The fourth-order valence-electron chi connectivity index (χ4n) is 1.47. The van der Waals surface area contributed by atoms with Crippen molar-refractivity contribution in [1.82, 2.24) is 20.8 Å². The van der Waals surface area contributed by atoms with Crippen molar-refractivity contribution < 1.29 is 14.7 Å². The van der Waals surface area contributed by atoms with E-state index in [1.807, 2.05) is 6.92 Å². The van der Waals surface area contributed by atoms with E-state index in [-0.39, 0.29) is 12.5 Å². The SMILES string of the molecule is CCC(C)C(NC(=O)NCc1cccnn1)C(=O)O. The van der Waals surface area contributed by atoms with Crippen molar-refractivity contribution >= 4 is 12.0 Å². The Balaban J connectivity index is 2.47. The first-order valence-corrected chi connectivity index (χ1v) is 6.08. The number of nitrogens with zero attached hydrogens (tertiary/aromatic N) is 2. The van der Waals surface area contributed by atoms with Gasteiger partial charge in [-0.3, -0.25) is 0 Å². The molecule has 0 aromatic carbocycles. The number of rotatable bonds is 6. The first-order valence-electron chi connectivity index (χ1n) is 6.08. The van der Waals surface area contributed by atoms with Crippen molar-refractivity contribution in [3.8, 4) is 0 Å². The van der Waals surface area contributed by atoms with Gasteiger partial charge in [0.1, 0.15) is 6.04 Å². The Labute approximate surface area is 111 Å². The molecule has 0 radical (unpaired) electrons. The molecular weight excluding hydrogens is 248 g/mol. The summed E-state index contributed by atoms with van der Waals surface area (Å²) in [5.41, 5.74) is 0.605. The molecule has 1 aromatic rings. The molecule has 2 unspecified atom stereocenters. The maximum Gasteiger partial charge on any atom is 0.326 e. The number of aliphatic carboxylic acids is 1. The predicted molar refractivity (Wildman–Crippen MR) is 68.3 cm³/mol. The van der Waals surface area contributed by atoms with E-state index in [2.05, 4.69) is 20.8 Å². The summed E-state index contributed by atoms with van der Waals surface area (Å²) in [6.45, 7) is 3.86. The molecule has 1 aromatic heterocycles. The quantitative estimate of drug-likeness (QED) is 0.705. The summed E-state index contributed by atoms with van der Waals surface area (Å²) in [4.78, 5) is 22.7. The molecule has 7 nitrogen and oxygen atoms in total. The zero-order chi connectivity index (χ0) is 14.3. The zero-order valence-electron chi connectivity index (χ0n) is 11.0. The number of amides is 2. The van der Waals surface area contributed by atoms with Crippen LogP contribution in [-0.4, -0.2) is 33.3 Å². The third-order valence-corrected chi connectivity index (χ3v) is 2.82. The minimum Gasteiger partial charge on any atom is -0.480 e. The van der Waals surface area contributed by atoms with Crippen LogP contribution in [-0.2, 0) is 11.3 Å². The lowest BCUT2D eigenvalue weighted by Gasteiger charge is -2.20. The number of nitrogens with one attached hydrogen (secondary N) is 2. The van der Waals surface area contributed by atoms with E-state index in [0.717, 1.165) is 0 Å². The Bertz CT molecular complexity index is 424. The molecule has 0 fully saturated rings. The van der Waals surface area contributed by atoms with Crippen LogP contribution in [0.4, 0.5) is 4.79 Å². The highest BCUT2D eigenvalue weighted by molar-refractivity contribution is 5.82. The van der Waals surface area contributed by atoms with Gasteiger partial charge in [-0.1, -0.05) is 20.3 Å². The summed E-state index contributed by atoms with van der Waals surface area (Å²) in [7, 11) is 0. The van der Waals surface area contributed by atoms with Gasteiger partial charge in [-0.05, 0) is 18.1 Å². The van der Waals surface area contributed by atoms with Crippen LogP contribution in [0.25, 0.3) is 0 Å². The first-order chi connectivity index (χ1) is 9.04. The van der Waals surface area contributed by atoms with Gasteiger partial charge in [0.15, 0.2) is 0 Å². The zero-order valence-corrected chi connectivity index (χ0v) is 11.0. The van der Waals surface area contributed by atoms with Crippen LogP contribution in [0.3, 0.4) is 0 Å². The largest absolute Gasteiger partial charge is 0.480 e. The number of hydrogen-bond donors (Lipinski definition) is 3. The van der Waals surface area contributed by atoms with Gasteiger partial charge >= 0.3 is 12.0 Å². The monoisotopic (exact) mass is 266 g/mol. The van der Waals surface area contributed by atoms with Crippen molar-refractivity contribution in [3.63, 3.8) is 0 Å². The second kappa shape index (κ2) is 7.30. The Kier molecular flexibility index (Phi) is 5.72. The summed E-state index contributed by atoms with van der Waals surface area (Å²) < 4.78 is 0. The van der Waals surface area contributed by atoms with Gasteiger partial charge in [-0.25, -0.2) is 9.59 Å². The standard InChI is InChI=1S/C12H18N4O3/c1-3-8(2)10(11(17)18)15-12(19)13-7-9-5-4-6-14-16-9/h4-6,8,10H,3,7H2,1-2H3,(H,17,18)(H2,13,15,19). The normalized spacial score (nSPS) is 13.4. The molecule has 1 rings (SSSR count). The fourth-order valence-corrected chi connectivity index (χ4v) is 1.47. The average molecular weight is 266 g/mol. The molecule has 1 heterocycles. The topological polar surface area (TPSA) is 104 Å². The van der Waals surface area contributed by atoms with Gasteiger partial charge in [-0.2, -0.15) is 10.2 Å². The van der Waals surface area contributed by atoms with Crippen LogP contribution < -0.4 is 10.6 Å². The number of carbonyl (C=O) groups is 2. The fraction of sp³-hybridized carbons (Fsp3) is 0.500. The van der Waals surface area contributed by atoms with Crippen LogP contribution >= 0.6 is 0 Å². The smallest absolute Gasteiger partial charge is 0.326 e. The van der Waals surface area contributed by atoms with Gasteiger partial charge in [0.2, 0.25) is 0 Å². The third kappa shape index (κ3) is 4.90. The van der Waals surface area contributed by atoms with E-state index in [1.54, 1.807) is 19.1 Å². The number of carboxylic acid groups (broad SMARTS) is 1. The van der Waals surface area contributed by atoms with Crippen LogP contribution in [0.5, 0.6) is 0 Å². The molecule has 0 saturated heterocycles. The van der Waals surface area contributed by atoms with Gasteiger partial charge in [-0.15, -0.1) is 0 Å². The van der Waals surface area contributed by atoms with Gasteiger partial charge < -0.3 is 15.7 Å². The Morgan fingerprint density at radius 2 is 2.21 bits per heavy atom. The number of urea groups is 1. The summed E-state index contributed by atoms with van der Waals surface area (Å²) in [6, 6.07) is 2.00. The van der Waals surface area contributed by atoms with E-state index in [0.29, 0.717) is 12.1 Å². The van der Waals surface area contributed by atoms with Crippen LogP contribution in [0.1, 0.15) is 26.0 Å². The summed E-state index contributed by atoms with van der Waals surface area (Å²) in [6.07, 6.45) is 2.20. The maximum absolute atomic E-state index is 11.6. The lowest BCUT2D eigenvalue weighted by Crippen LogP contribution is -2.48. The number of carbonyl (C=O) groups excluding carboxylic acids is 1. The lowest BCUT2D eigenvalue weighted by atomic mass is 9.99. The van der Waals surface area contributed by atoms with Crippen molar-refractivity contribution in [1.29, 1.82) is 0 Å². The summed E-state index contributed by atoms with van der Waals surface area (Å²) in [5.74, 6) is -1.18. The Morgan fingerprint density at radius 1 is 1.47 bits per heavy atom. The molecule has 104 valence electrons. The molecule has 0 aliphatic heterocycles. The molecule has 19 heavy (non-hydrogen) atoms. The van der Waals surface area contributed by atoms with E-state index in [9.17, 15) is 9.59 Å². The lowest BCUT2D eigenvalue weighted by molar-refractivity contribution is -0.140. The van der Waals surface area contributed by atoms with Crippen molar-refractivity contribution in [2.45, 2.75) is 32.9 Å². The molecule has 3 N–H and O–H groups in total. The molecule has 0 saturated carbocycles. The second-order valence-electron chi connectivity index (χ2n) is 4.24. The van der Waals surface area contributed by atoms with Crippen molar-refractivity contribution in [2.75, 3.05) is 0 Å². The minimum absolute atomic E-state index is 0.139. The van der Waals surface area contributed by atoms with E-state index >= 15 is 0 Å². The number of aromatic nitrogens is 2. The van der Waals surface area contributed by atoms with Crippen molar-refractivity contribution in [3.05, 3.63) is 24.0 Å². The Hall–Kier alpha value is -2.18. The van der Waals surface area contributed by atoms with Gasteiger partial charge in [0.05, 0.1) is 12.2 Å². The predicted octanol–water partition coefficient (Wildman–Crippen LogP) is 0.775. The Morgan fingerprint density at radius 3 is 2.74 bits per heavy atom. The molecule has 0 spiro atoms. The highest BCUT2D eigenvalue weighted by atomic mass is 16.4. The molecule has 0 aliphatic rings. The van der Waals surface area contributed by atoms with E-state index in [1.165, 1.54) is 6.20 Å². The van der Waals surface area contributed by atoms with Crippen LogP contribution in [0.15, 0.2) is 18.3 Å². The first kappa shape index (κ1) is 14.9. The maximum atomic E-state index is 11.6. The van der Waals surface area contributed by atoms with Crippen LogP contribution in [0.2, 0.25) is 0 Å². The number of hydrogen-bond acceptors (Lipinski definition) is 4. The molecule has 7 heteroatoms. The molecular formula is C12H18N4O3.